The van der Waals surface area contributed by atoms with Gasteiger partial charge in [-0.25, -0.2) is 0 Å². The zero-order valence-electron chi connectivity index (χ0n) is 8.24. The summed E-state index contributed by atoms with van der Waals surface area (Å²) in [5.74, 6) is 0. The zero-order valence-corrected chi connectivity index (χ0v) is 9.81. The lowest BCUT2D eigenvalue weighted by atomic mass is 10.0. The van der Waals surface area contributed by atoms with Crippen molar-refractivity contribution in [3.05, 3.63) is 10.0 Å². The highest BCUT2D eigenvalue weighted by molar-refractivity contribution is 7.10. The molecule has 1 saturated heterocycles. The minimum atomic E-state index is 0.654. The van der Waals surface area contributed by atoms with Crippen molar-refractivity contribution in [2.75, 3.05) is 6.54 Å². The number of nitrogens with zero attached hydrogens (tertiary/aromatic N) is 3. The number of piperidine rings is 1. The Hall–Kier alpha value is -0.190. The quantitative estimate of drug-likeness (QED) is 0.784. The molecule has 78 valence electrons. The Morgan fingerprint density at radius 3 is 3.07 bits per heavy atom. The molecule has 1 aliphatic rings. The van der Waals surface area contributed by atoms with E-state index >= 15 is 0 Å². The molecule has 2 rings (SSSR count). The van der Waals surface area contributed by atoms with Crippen molar-refractivity contribution in [1.29, 1.82) is 0 Å². The van der Waals surface area contributed by atoms with E-state index in [1.165, 1.54) is 30.8 Å². The van der Waals surface area contributed by atoms with Gasteiger partial charge >= 0.3 is 0 Å². The van der Waals surface area contributed by atoms with Gasteiger partial charge in [-0.05, 0) is 26.3 Å². The van der Waals surface area contributed by atoms with E-state index in [0.29, 0.717) is 6.04 Å². The highest BCUT2D eigenvalue weighted by atomic mass is 35.5. The van der Waals surface area contributed by atoms with Crippen LogP contribution >= 0.6 is 23.1 Å². The average molecular weight is 232 g/mol. The van der Waals surface area contributed by atoms with E-state index in [2.05, 4.69) is 21.4 Å². The van der Waals surface area contributed by atoms with Crippen LogP contribution in [0.5, 0.6) is 0 Å². The maximum Gasteiger partial charge on any atom is 0.138 e. The van der Waals surface area contributed by atoms with E-state index in [-0.39, 0.29) is 0 Å². The van der Waals surface area contributed by atoms with Crippen LogP contribution in [0, 0.1) is 0 Å². The summed E-state index contributed by atoms with van der Waals surface area (Å²) in [7, 11) is 0. The Balaban J connectivity index is 1.99. The molecule has 1 atom stereocenters. The lowest BCUT2D eigenvalue weighted by molar-refractivity contribution is 0.151. The summed E-state index contributed by atoms with van der Waals surface area (Å²) in [6.07, 6.45) is 3.93. The van der Waals surface area contributed by atoms with Gasteiger partial charge in [0.1, 0.15) is 10.0 Å². The van der Waals surface area contributed by atoms with Gasteiger partial charge in [0.05, 0.1) is 0 Å². The third kappa shape index (κ3) is 2.24. The van der Waals surface area contributed by atoms with Crippen LogP contribution in [0.2, 0.25) is 4.34 Å². The maximum absolute atomic E-state index is 5.97. The first-order valence-electron chi connectivity index (χ1n) is 4.98. The third-order valence-electron chi connectivity index (χ3n) is 2.80. The van der Waals surface area contributed by atoms with Gasteiger partial charge in [0, 0.05) is 24.1 Å². The summed E-state index contributed by atoms with van der Waals surface area (Å²) in [4.78, 5) is 2.44. The Morgan fingerprint density at radius 1 is 1.57 bits per heavy atom. The number of rotatable bonds is 2. The summed E-state index contributed by atoms with van der Waals surface area (Å²) in [6.45, 7) is 4.29. The van der Waals surface area contributed by atoms with Gasteiger partial charge in [-0.1, -0.05) is 22.5 Å². The molecule has 2 heterocycles. The Labute approximate surface area is 93.2 Å². The lowest BCUT2D eigenvalue weighted by Crippen LogP contribution is -2.36. The predicted octanol–water partition coefficient (Wildman–Crippen LogP) is 2.57. The molecule has 1 aromatic rings. The average Bonchev–Trinajstić information content (AvgIpc) is 2.56. The van der Waals surface area contributed by atoms with Crippen molar-refractivity contribution in [3.63, 3.8) is 0 Å². The van der Waals surface area contributed by atoms with Crippen LogP contribution in [0.1, 0.15) is 31.9 Å². The van der Waals surface area contributed by atoms with E-state index in [9.17, 15) is 0 Å². The van der Waals surface area contributed by atoms with E-state index in [1.54, 1.807) is 0 Å². The maximum atomic E-state index is 5.97. The minimum Gasteiger partial charge on any atom is -0.295 e. The Kier molecular flexibility index (Phi) is 3.36. The lowest BCUT2D eigenvalue weighted by Gasteiger charge is -2.32. The largest absolute Gasteiger partial charge is 0.295 e. The smallest absolute Gasteiger partial charge is 0.138 e. The molecule has 0 aliphatic carbocycles. The Morgan fingerprint density at radius 2 is 2.43 bits per heavy atom. The molecular formula is C9H14ClN3S. The molecule has 0 bridgehead atoms. The van der Waals surface area contributed by atoms with Crippen LogP contribution < -0.4 is 0 Å². The normalized spacial score (nSPS) is 24.0. The molecule has 3 nitrogen and oxygen atoms in total. The fraction of sp³-hybridized carbons (Fsp3) is 0.778. The number of halogens is 1. The second kappa shape index (κ2) is 4.55. The molecule has 0 aromatic carbocycles. The molecule has 0 unspecified atom stereocenters. The van der Waals surface area contributed by atoms with Gasteiger partial charge in [0.15, 0.2) is 0 Å². The van der Waals surface area contributed by atoms with Gasteiger partial charge in [-0.2, -0.15) is 0 Å². The molecule has 0 spiro atoms. The number of likely N-dealkylation sites (tertiary alicyclic amines) is 1. The SMILES string of the molecule is C[C@H]1CCCCN1Cc1nnsc1Cl. The fourth-order valence-electron chi connectivity index (χ4n) is 1.88. The standard InChI is InChI=1S/C9H14ClN3S/c1-7-4-2-3-5-13(7)6-8-9(10)14-12-11-8/h7H,2-6H2,1H3/t7-/m0/s1. The van der Waals surface area contributed by atoms with Crippen molar-refractivity contribution in [3.8, 4) is 0 Å². The molecule has 0 saturated carbocycles. The van der Waals surface area contributed by atoms with Crippen molar-refractivity contribution < 1.29 is 0 Å². The van der Waals surface area contributed by atoms with Gasteiger partial charge in [0.25, 0.3) is 0 Å². The van der Waals surface area contributed by atoms with Gasteiger partial charge in [-0.3, -0.25) is 4.90 Å². The number of aromatic nitrogens is 2. The van der Waals surface area contributed by atoms with Crippen molar-refractivity contribution in [1.82, 2.24) is 14.5 Å². The van der Waals surface area contributed by atoms with E-state index in [1.807, 2.05) is 0 Å². The topological polar surface area (TPSA) is 29.0 Å². The molecule has 14 heavy (non-hydrogen) atoms. The van der Waals surface area contributed by atoms with Crippen molar-refractivity contribution in [2.45, 2.75) is 38.8 Å². The highest BCUT2D eigenvalue weighted by Gasteiger charge is 2.20. The molecule has 1 aliphatic heterocycles. The van der Waals surface area contributed by atoms with Crippen LogP contribution in [0.25, 0.3) is 0 Å². The zero-order chi connectivity index (χ0) is 9.97. The molecule has 0 radical (unpaired) electrons. The van der Waals surface area contributed by atoms with Crippen LogP contribution in [-0.4, -0.2) is 27.1 Å². The summed E-state index contributed by atoms with van der Waals surface area (Å²) < 4.78 is 4.58. The van der Waals surface area contributed by atoms with Gasteiger partial charge < -0.3 is 0 Å². The second-order valence-corrected chi connectivity index (χ2v) is 5.16. The third-order valence-corrected chi connectivity index (χ3v) is 3.79. The van der Waals surface area contributed by atoms with Crippen molar-refractivity contribution >= 4 is 23.1 Å². The van der Waals surface area contributed by atoms with Gasteiger partial charge in [0.2, 0.25) is 0 Å². The highest BCUT2D eigenvalue weighted by Crippen LogP contribution is 2.23. The second-order valence-electron chi connectivity index (χ2n) is 3.81. The van der Waals surface area contributed by atoms with Gasteiger partial charge in [-0.15, -0.1) is 5.10 Å². The van der Waals surface area contributed by atoms with E-state index in [0.717, 1.165) is 23.1 Å². The molecule has 1 fully saturated rings. The number of hydrogen-bond donors (Lipinski definition) is 0. The molecule has 5 heteroatoms. The first kappa shape index (κ1) is 10.3. The molecule has 0 N–H and O–H groups in total. The summed E-state index contributed by atoms with van der Waals surface area (Å²) in [6, 6.07) is 0.654. The van der Waals surface area contributed by atoms with Crippen LogP contribution in [0.15, 0.2) is 0 Å². The number of hydrogen-bond acceptors (Lipinski definition) is 4. The molecular weight excluding hydrogens is 218 g/mol. The van der Waals surface area contributed by atoms with E-state index in [4.69, 9.17) is 11.6 Å². The molecule has 1 aromatic heterocycles. The fourth-order valence-corrected chi connectivity index (χ4v) is 2.49. The summed E-state index contributed by atoms with van der Waals surface area (Å²) in [5, 5.41) is 4.04. The monoisotopic (exact) mass is 231 g/mol. The Bertz CT molecular complexity index is 302. The minimum absolute atomic E-state index is 0.654. The summed E-state index contributed by atoms with van der Waals surface area (Å²) in [5.41, 5.74) is 0.936. The first-order chi connectivity index (χ1) is 6.77. The van der Waals surface area contributed by atoms with Crippen LogP contribution in [0.3, 0.4) is 0 Å². The van der Waals surface area contributed by atoms with Crippen LogP contribution in [-0.2, 0) is 6.54 Å². The summed E-state index contributed by atoms with van der Waals surface area (Å²) >= 11 is 7.25. The molecule has 0 amide bonds. The van der Waals surface area contributed by atoms with E-state index < -0.39 is 0 Å². The predicted molar refractivity (Wildman–Crippen MR) is 58.6 cm³/mol. The first-order valence-corrected chi connectivity index (χ1v) is 6.13. The van der Waals surface area contributed by atoms with Crippen LogP contribution in [0.4, 0.5) is 0 Å². The van der Waals surface area contributed by atoms with Crippen molar-refractivity contribution in [2.24, 2.45) is 0 Å².